The molecule has 0 aliphatic rings. The number of ether oxygens (including phenoxy) is 2. The van der Waals surface area contributed by atoms with E-state index in [0.717, 1.165) is 0 Å². The summed E-state index contributed by atoms with van der Waals surface area (Å²) in [7, 11) is 0. The summed E-state index contributed by atoms with van der Waals surface area (Å²) in [5.41, 5.74) is 1.02. The molecule has 1 atom stereocenters. The van der Waals surface area contributed by atoms with E-state index in [4.69, 9.17) is 21.1 Å². The number of alkyl halides is 1. The number of benzene rings is 2. The highest BCUT2D eigenvalue weighted by Gasteiger charge is 2.43. The first-order chi connectivity index (χ1) is 12.8. The van der Waals surface area contributed by atoms with Crippen LogP contribution in [0.25, 0.3) is 0 Å². The summed E-state index contributed by atoms with van der Waals surface area (Å²) in [6, 6.07) is 17.1. The first-order valence-corrected chi connectivity index (χ1v) is 8.57. The van der Waals surface area contributed by atoms with Crippen molar-refractivity contribution in [2.24, 2.45) is 0 Å². The normalized spacial score (nSPS) is 12.0. The van der Waals surface area contributed by atoms with Gasteiger partial charge in [-0.25, -0.2) is 14.4 Å². The lowest BCUT2D eigenvalue weighted by molar-refractivity contribution is -0.172. The summed E-state index contributed by atoms with van der Waals surface area (Å²) in [5.74, 6) is -2.76. The van der Waals surface area contributed by atoms with Crippen molar-refractivity contribution in [1.82, 2.24) is 0 Å². The van der Waals surface area contributed by atoms with E-state index in [1.807, 2.05) is 0 Å². The fraction of sp³-hybridized carbons (Fsp3) is 0.190. The van der Waals surface area contributed by atoms with Gasteiger partial charge in [-0.15, -0.1) is 0 Å². The van der Waals surface area contributed by atoms with Gasteiger partial charge in [0.25, 0.3) is 0 Å². The van der Waals surface area contributed by atoms with Gasteiger partial charge < -0.3 is 9.47 Å². The molecule has 2 aromatic rings. The molecule has 5 nitrogen and oxygen atoms in total. The SMILES string of the molecule is C=C(C)C(=O)OC(C)C(=O)OC(=O)C(Cl)(c1ccccc1)c1ccccc1. The van der Waals surface area contributed by atoms with Crippen LogP contribution >= 0.6 is 11.6 Å². The molecule has 0 saturated heterocycles. The van der Waals surface area contributed by atoms with Crippen LogP contribution in [-0.2, 0) is 28.7 Å². The van der Waals surface area contributed by atoms with Crippen molar-refractivity contribution in [2.45, 2.75) is 24.8 Å². The summed E-state index contributed by atoms with van der Waals surface area (Å²) < 4.78 is 9.84. The first-order valence-electron chi connectivity index (χ1n) is 8.19. The highest BCUT2D eigenvalue weighted by Crippen LogP contribution is 2.38. The molecule has 140 valence electrons. The molecular formula is C21H19ClO5. The van der Waals surface area contributed by atoms with Crippen LogP contribution in [0.1, 0.15) is 25.0 Å². The zero-order valence-electron chi connectivity index (χ0n) is 15.0. The van der Waals surface area contributed by atoms with Crippen molar-refractivity contribution in [3.8, 4) is 0 Å². The van der Waals surface area contributed by atoms with Gasteiger partial charge in [-0.05, 0) is 25.0 Å². The molecule has 0 saturated carbocycles. The van der Waals surface area contributed by atoms with Crippen LogP contribution in [0.2, 0.25) is 0 Å². The fourth-order valence-electron chi connectivity index (χ4n) is 2.29. The van der Waals surface area contributed by atoms with E-state index in [1.54, 1.807) is 60.7 Å². The number of esters is 3. The lowest BCUT2D eigenvalue weighted by atomic mass is 9.90. The van der Waals surface area contributed by atoms with Gasteiger partial charge in [0.1, 0.15) is 0 Å². The van der Waals surface area contributed by atoms with Crippen molar-refractivity contribution in [3.63, 3.8) is 0 Å². The highest BCUT2D eigenvalue weighted by molar-refractivity contribution is 6.36. The van der Waals surface area contributed by atoms with Crippen LogP contribution in [0.15, 0.2) is 72.8 Å². The van der Waals surface area contributed by atoms with Crippen molar-refractivity contribution in [1.29, 1.82) is 0 Å². The molecule has 27 heavy (non-hydrogen) atoms. The third-order valence-electron chi connectivity index (χ3n) is 3.78. The van der Waals surface area contributed by atoms with E-state index < -0.39 is 28.9 Å². The summed E-state index contributed by atoms with van der Waals surface area (Å²) in [6.45, 7) is 6.18. The van der Waals surface area contributed by atoms with Crippen molar-refractivity contribution in [2.75, 3.05) is 0 Å². The Morgan fingerprint density at radius 3 is 1.81 bits per heavy atom. The maximum absolute atomic E-state index is 12.9. The van der Waals surface area contributed by atoms with E-state index >= 15 is 0 Å². The second-order valence-electron chi connectivity index (χ2n) is 5.93. The van der Waals surface area contributed by atoms with Gasteiger partial charge in [0.2, 0.25) is 0 Å². The Balaban J connectivity index is 2.29. The molecule has 2 rings (SSSR count). The number of hydrogen-bond donors (Lipinski definition) is 0. The molecule has 1 unspecified atom stereocenters. The fourth-order valence-corrected chi connectivity index (χ4v) is 2.58. The second kappa shape index (κ2) is 8.64. The molecule has 0 amide bonds. The van der Waals surface area contributed by atoms with Crippen LogP contribution in [0, 0.1) is 0 Å². The average Bonchev–Trinajstić information content (AvgIpc) is 2.68. The van der Waals surface area contributed by atoms with Gasteiger partial charge in [-0.2, -0.15) is 0 Å². The van der Waals surface area contributed by atoms with Gasteiger partial charge in [0.05, 0.1) is 0 Å². The van der Waals surface area contributed by atoms with E-state index in [1.165, 1.54) is 13.8 Å². The monoisotopic (exact) mass is 386 g/mol. The topological polar surface area (TPSA) is 69.7 Å². The smallest absolute Gasteiger partial charge is 0.354 e. The minimum absolute atomic E-state index is 0.126. The zero-order valence-corrected chi connectivity index (χ0v) is 15.7. The molecule has 0 aliphatic carbocycles. The Hall–Kier alpha value is -2.92. The van der Waals surface area contributed by atoms with Crippen molar-refractivity contribution >= 4 is 29.5 Å². The Kier molecular flexibility index (Phi) is 6.53. The quantitative estimate of drug-likeness (QED) is 0.327. The Morgan fingerprint density at radius 2 is 1.41 bits per heavy atom. The van der Waals surface area contributed by atoms with Crippen LogP contribution in [0.5, 0.6) is 0 Å². The third kappa shape index (κ3) is 4.63. The number of carbonyl (C=O) groups excluding carboxylic acids is 3. The summed E-state index contributed by atoms with van der Waals surface area (Å²) in [4.78, 5) is 34.9. The number of rotatable bonds is 6. The summed E-state index contributed by atoms with van der Waals surface area (Å²) >= 11 is 6.70. The van der Waals surface area contributed by atoms with E-state index in [2.05, 4.69) is 6.58 Å². The molecule has 0 spiro atoms. The van der Waals surface area contributed by atoms with E-state index in [0.29, 0.717) is 11.1 Å². The minimum Gasteiger partial charge on any atom is -0.447 e. The lowest BCUT2D eigenvalue weighted by Crippen LogP contribution is -2.37. The Labute approximate surface area is 162 Å². The third-order valence-corrected chi connectivity index (χ3v) is 4.37. The van der Waals surface area contributed by atoms with Gasteiger partial charge in [0, 0.05) is 5.57 Å². The maximum Gasteiger partial charge on any atom is 0.354 e. The van der Waals surface area contributed by atoms with Crippen LogP contribution in [0.4, 0.5) is 0 Å². The molecular weight excluding hydrogens is 368 g/mol. The zero-order chi connectivity index (χ0) is 20.0. The Morgan fingerprint density at radius 1 is 0.963 bits per heavy atom. The van der Waals surface area contributed by atoms with E-state index in [9.17, 15) is 14.4 Å². The van der Waals surface area contributed by atoms with Crippen molar-refractivity contribution < 1.29 is 23.9 Å². The largest absolute Gasteiger partial charge is 0.447 e. The highest BCUT2D eigenvalue weighted by atomic mass is 35.5. The molecule has 0 bridgehead atoms. The summed E-state index contributed by atoms with van der Waals surface area (Å²) in [5, 5.41) is 0. The van der Waals surface area contributed by atoms with Crippen molar-refractivity contribution in [3.05, 3.63) is 83.9 Å². The molecule has 0 radical (unpaired) electrons. The van der Waals surface area contributed by atoms with Crippen LogP contribution in [-0.4, -0.2) is 24.0 Å². The molecule has 6 heteroatoms. The molecule has 0 N–H and O–H groups in total. The summed E-state index contributed by atoms with van der Waals surface area (Å²) in [6.07, 6.45) is -1.29. The number of halogens is 1. The van der Waals surface area contributed by atoms with E-state index in [-0.39, 0.29) is 5.57 Å². The van der Waals surface area contributed by atoms with Crippen LogP contribution < -0.4 is 0 Å². The van der Waals surface area contributed by atoms with Gasteiger partial charge in [-0.3, -0.25) is 0 Å². The van der Waals surface area contributed by atoms with Gasteiger partial charge in [-0.1, -0.05) is 78.8 Å². The number of carbonyl (C=O) groups is 3. The molecule has 0 aromatic heterocycles. The minimum atomic E-state index is -1.73. The Bertz CT molecular complexity index is 806. The molecule has 0 aliphatic heterocycles. The molecule has 0 fully saturated rings. The lowest BCUT2D eigenvalue weighted by Gasteiger charge is -2.26. The predicted octanol–water partition coefficient (Wildman–Crippen LogP) is 3.75. The van der Waals surface area contributed by atoms with Crippen LogP contribution in [0.3, 0.4) is 0 Å². The predicted molar refractivity (Wildman–Crippen MR) is 101 cm³/mol. The van der Waals surface area contributed by atoms with Gasteiger partial charge >= 0.3 is 17.9 Å². The maximum atomic E-state index is 12.9. The number of hydrogen-bond acceptors (Lipinski definition) is 5. The molecule has 0 heterocycles. The first kappa shape index (κ1) is 20.4. The van der Waals surface area contributed by atoms with Gasteiger partial charge in [0.15, 0.2) is 11.0 Å². The standard InChI is InChI=1S/C21H19ClO5/c1-14(2)18(23)26-15(3)19(24)27-20(25)21(22,16-10-6-4-7-11-16)17-12-8-5-9-13-17/h4-13,15H,1H2,2-3H3. The molecule has 2 aromatic carbocycles. The second-order valence-corrected chi connectivity index (χ2v) is 6.49. The average molecular weight is 387 g/mol.